The van der Waals surface area contributed by atoms with E-state index in [4.69, 9.17) is 0 Å². The summed E-state index contributed by atoms with van der Waals surface area (Å²) in [5, 5.41) is 2.63. The predicted molar refractivity (Wildman–Crippen MR) is 82.4 cm³/mol. The molecule has 0 radical (unpaired) electrons. The minimum absolute atomic E-state index is 0.169. The summed E-state index contributed by atoms with van der Waals surface area (Å²) in [6.45, 7) is 9.38. The van der Waals surface area contributed by atoms with Crippen LogP contribution in [0, 0.1) is 5.92 Å². The monoisotopic (exact) mass is 326 g/mol. The van der Waals surface area contributed by atoms with Crippen molar-refractivity contribution in [1.29, 1.82) is 0 Å². The molecule has 0 aromatic heterocycles. The Kier molecular flexibility index (Phi) is 7.34. The highest BCUT2D eigenvalue weighted by molar-refractivity contribution is 7.88. The van der Waals surface area contributed by atoms with E-state index in [-0.39, 0.29) is 17.2 Å². The summed E-state index contributed by atoms with van der Waals surface area (Å²) in [6.07, 6.45) is 1.02. The van der Waals surface area contributed by atoms with Gasteiger partial charge in [-0.05, 0) is 26.7 Å². The van der Waals surface area contributed by atoms with Crippen LogP contribution in [0.3, 0.4) is 0 Å². The molecule has 0 aliphatic rings. The Balaban J connectivity index is 4.47. The molecule has 120 valence electrons. The number of carbonyl (C=O) groups is 1. The minimum Gasteiger partial charge on any atom is -0.354 e. The molecule has 0 saturated carbocycles. The van der Waals surface area contributed by atoms with Crippen LogP contribution in [-0.4, -0.2) is 47.9 Å². The number of hydrogen-bond donors (Lipinski definition) is 2. The molecule has 0 heterocycles. The standard InChI is InChI=1S/C12H26N2O4S2/c1-9(2)10(14-20(6,17)18)11(15)13-7-8-19(16)12(3,4)5/h9-10,14H,7-8H2,1-6H3,(H,13,15). The number of hydrogen-bond acceptors (Lipinski definition) is 4. The van der Waals surface area contributed by atoms with Crippen molar-refractivity contribution in [2.75, 3.05) is 18.6 Å². The Morgan fingerprint density at radius 2 is 1.75 bits per heavy atom. The van der Waals surface area contributed by atoms with Gasteiger partial charge in [0.2, 0.25) is 15.9 Å². The third kappa shape index (κ3) is 7.96. The molecule has 0 aliphatic heterocycles. The first-order valence-electron chi connectivity index (χ1n) is 6.48. The summed E-state index contributed by atoms with van der Waals surface area (Å²) >= 11 is 0. The van der Waals surface area contributed by atoms with Gasteiger partial charge < -0.3 is 5.32 Å². The highest BCUT2D eigenvalue weighted by Crippen LogP contribution is 2.10. The maximum atomic E-state index is 12.0. The Bertz CT molecular complexity index is 453. The van der Waals surface area contributed by atoms with Crippen molar-refractivity contribution in [2.24, 2.45) is 5.92 Å². The lowest BCUT2D eigenvalue weighted by Gasteiger charge is -2.21. The van der Waals surface area contributed by atoms with Crippen LogP contribution in [0.1, 0.15) is 34.6 Å². The van der Waals surface area contributed by atoms with Crippen molar-refractivity contribution in [3.05, 3.63) is 0 Å². The fourth-order valence-electron chi connectivity index (χ4n) is 1.41. The Labute approximate surface area is 124 Å². The highest BCUT2D eigenvalue weighted by atomic mass is 32.2. The third-order valence-electron chi connectivity index (χ3n) is 2.56. The van der Waals surface area contributed by atoms with E-state index in [0.29, 0.717) is 5.75 Å². The average Bonchev–Trinajstić information content (AvgIpc) is 2.22. The minimum atomic E-state index is -3.45. The second kappa shape index (κ2) is 7.51. The first-order chi connectivity index (χ1) is 8.84. The number of carbonyl (C=O) groups excluding carboxylic acids is 1. The van der Waals surface area contributed by atoms with Crippen molar-refractivity contribution < 1.29 is 17.4 Å². The van der Waals surface area contributed by atoms with E-state index in [9.17, 15) is 17.4 Å². The summed E-state index contributed by atoms with van der Waals surface area (Å²) in [5.41, 5.74) is 0. The molecule has 6 nitrogen and oxygen atoms in total. The van der Waals surface area contributed by atoms with Crippen LogP contribution >= 0.6 is 0 Å². The fourth-order valence-corrected chi connectivity index (χ4v) is 3.15. The first-order valence-corrected chi connectivity index (χ1v) is 9.69. The Morgan fingerprint density at radius 3 is 2.10 bits per heavy atom. The smallest absolute Gasteiger partial charge is 0.238 e. The number of amides is 1. The number of nitrogens with one attached hydrogen (secondary N) is 2. The van der Waals surface area contributed by atoms with Gasteiger partial charge in [0.25, 0.3) is 0 Å². The van der Waals surface area contributed by atoms with Crippen LogP contribution in [0.4, 0.5) is 0 Å². The molecule has 0 aromatic rings. The highest BCUT2D eigenvalue weighted by Gasteiger charge is 2.25. The SMILES string of the molecule is CC(C)C(NS(C)(=O)=O)C(=O)NCCS(=O)C(C)(C)C. The van der Waals surface area contributed by atoms with Gasteiger partial charge in [-0.1, -0.05) is 13.8 Å². The molecule has 0 bridgehead atoms. The molecule has 20 heavy (non-hydrogen) atoms. The molecule has 0 aliphatic carbocycles. The Morgan fingerprint density at radius 1 is 1.25 bits per heavy atom. The van der Waals surface area contributed by atoms with Crippen molar-refractivity contribution in [1.82, 2.24) is 10.0 Å². The largest absolute Gasteiger partial charge is 0.354 e. The molecule has 0 saturated heterocycles. The van der Waals surface area contributed by atoms with Crippen LogP contribution in [0.5, 0.6) is 0 Å². The van der Waals surface area contributed by atoms with Crippen molar-refractivity contribution >= 4 is 26.7 Å². The maximum absolute atomic E-state index is 12.0. The van der Waals surface area contributed by atoms with E-state index in [1.54, 1.807) is 13.8 Å². The van der Waals surface area contributed by atoms with E-state index in [0.717, 1.165) is 6.26 Å². The second-order valence-corrected chi connectivity index (χ2v) is 10.2. The first kappa shape index (κ1) is 19.5. The molecule has 1 amide bonds. The zero-order chi connectivity index (χ0) is 16.1. The molecule has 2 N–H and O–H groups in total. The molecule has 8 heteroatoms. The topological polar surface area (TPSA) is 92.3 Å². The Hall–Kier alpha value is -0.470. The van der Waals surface area contributed by atoms with Gasteiger partial charge in [-0.3, -0.25) is 9.00 Å². The van der Waals surface area contributed by atoms with Crippen LogP contribution in [-0.2, 0) is 25.6 Å². The van der Waals surface area contributed by atoms with Gasteiger partial charge in [0.1, 0.15) is 6.04 Å². The van der Waals surface area contributed by atoms with Gasteiger partial charge >= 0.3 is 0 Å². The van der Waals surface area contributed by atoms with Gasteiger partial charge in [0, 0.05) is 27.8 Å². The quantitative estimate of drug-likeness (QED) is 0.700. The molecular weight excluding hydrogens is 300 g/mol. The molecule has 2 unspecified atom stereocenters. The molecule has 0 fully saturated rings. The summed E-state index contributed by atoms with van der Waals surface area (Å²) < 4.78 is 36.3. The summed E-state index contributed by atoms with van der Waals surface area (Å²) in [4.78, 5) is 12.0. The fraction of sp³-hybridized carbons (Fsp3) is 0.917. The van der Waals surface area contributed by atoms with Gasteiger partial charge in [-0.25, -0.2) is 13.1 Å². The molecule has 0 rings (SSSR count). The van der Waals surface area contributed by atoms with E-state index in [1.807, 2.05) is 20.8 Å². The molecular formula is C12H26N2O4S2. The van der Waals surface area contributed by atoms with E-state index < -0.39 is 32.8 Å². The molecule has 2 atom stereocenters. The van der Waals surface area contributed by atoms with Gasteiger partial charge in [0.05, 0.1) is 6.26 Å². The van der Waals surface area contributed by atoms with E-state index in [1.165, 1.54) is 0 Å². The lowest BCUT2D eigenvalue weighted by molar-refractivity contribution is -0.123. The van der Waals surface area contributed by atoms with Crippen molar-refractivity contribution in [3.8, 4) is 0 Å². The lowest BCUT2D eigenvalue weighted by atomic mass is 10.1. The van der Waals surface area contributed by atoms with Gasteiger partial charge in [-0.2, -0.15) is 0 Å². The van der Waals surface area contributed by atoms with E-state index >= 15 is 0 Å². The van der Waals surface area contributed by atoms with Crippen molar-refractivity contribution in [2.45, 2.75) is 45.4 Å². The molecule has 0 spiro atoms. The van der Waals surface area contributed by atoms with Crippen LogP contribution in [0.15, 0.2) is 0 Å². The zero-order valence-corrected chi connectivity index (χ0v) is 14.7. The summed E-state index contributed by atoms with van der Waals surface area (Å²) in [5.74, 6) is -0.215. The predicted octanol–water partition coefficient (Wildman–Crippen LogP) is 0.224. The third-order valence-corrected chi connectivity index (χ3v) is 5.18. The van der Waals surface area contributed by atoms with Crippen LogP contribution in [0.2, 0.25) is 0 Å². The zero-order valence-electron chi connectivity index (χ0n) is 13.0. The van der Waals surface area contributed by atoms with Crippen molar-refractivity contribution in [3.63, 3.8) is 0 Å². The summed E-state index contributed by atoms with van der Waals surface area (Å²) in [6, 6.07) is -0.812. The maximum Gasteiger partial charge on any atom is 0.238 e. The van der Waals surface area contributed by atoms with Crippen LogP contribution < -0.4 is 10.0 Å². The number of rotatable bonds is 7. The van der Waals surface area contributed by atoms with Gasteiger partial charge in [0.15, 0.2) is 0 Å². The summed E-state index contributed by atoms with van der Waals surface area (Å²) in [7, 11) is -4.50. The molecule has 0 aromatic carbocycles. The normalized spacial score (nSPS) is 15.9. The van der Waals surface area contributed by atoms with Gasteiger partial charge in [-0.15, -0.1) is 0 Å². The van der Waals surface area contributed by atoms with Crippen LogP contribution in [0.25, 0.3) is 0 Å². The average molecular weight is 326 g/mol. The van der Waals surface area contributed by atoms with E-state index in [2.05, 4.69) is 10.0 Å². The lowest BCUT2D eigenvalue weighted by Crippen LogP contribution is -2.50. The second-order valence-electron chi connectivity index (χ2n) is 6.06. The number of sulfonamides is 1.